The van der Waals surface area contributed by atoms with Gasteiger partial charge in [-0.2, -0.15) is 0 Å². The average molecular weight is 369 g/mol. The topological polar surface area (TPSA) is 79.8 Å². The molecule has 2 aliphatic heterocycles. The van der Waals surface area contributed by atoms with Crippen LogP contribution in [0.5, 0.6) is 11.5 Å². The van der Waals surface area contributed by atoms with Crippen molar-refractivity contribution in [1.82, 2.24) is 20.2 Å². The molecule has 8 nitrogen and oxygen atoms in total. The fourth-order valence-corrected chi connectivity index (χ4v) is 3.48. The van der Waals surface area contributed by atoms with Crippen molar-refractivity contribution in [2.45, 2.75) is 12.5 Å². The van der Waals surface area contributed by atoms with Crippen LogP contribution in [0, 0.1) is 0 Å². The number of rotatable bonds is 3. The van der Waals surface area contributed by atoms with Gasteiger partial charge in [-0.15, -0.1) is 0 Å². The van der Waals surface area contributed by atoms with Gasteiger partial charge in [-0.05, 0) is 18.6 Å². The van der Waals surface area contributed by atoms with E-state index in [0.29, 0.717) is 25.6 Å². The van der Waals surface area contributed by atoms with Gasteiger partial charge in [-0.3, -0.25) is 0 Å². The highest BCUT2D eigenvalue weighted by molar-refractivity contribution is 5.75. The largest absolute Gasteiger partial charge is 0.493 e. The number of amides is 2. The van der Waals surface area contributed by atoms with Crippen LogP contribution in [0.2, 0.25) is 0 Å². The molecule has 27 heavy (non-hydrogen) atoms. The SMILES string of the molecule is COc1cccc2c1OC[C@@H](NC(=O)N1CCN(c3ncccn3)CC1)C2. The summed E-state index contributed by atoms with van der Waals surface area (Å²) >= 11 is 0. The molecule has 3 heterocycles. The predicted molar refractivity (Wildman–Crippen MR) is 100 cm³/mol. The lowest BCUT2D eigenvalue weighted by Crippen LogP contribution is -2.55. The Kier molecular flexibility index (Phi) is 4.95. The number of carbonyl (C=O) groups excluding carboxylic acids is 1. The van der Waals surface area contributed by atoms with Crippen LogP contribution in [-0.2, 0) is 6.42 Å². The second kappa shape index (κ2) is 7.69. The number of methoxy groups -OCH3 is 1. The van der Waals surface area contributed by atoms with Gasteiger partial charge in [0.05, 0.1) is 13.2 Å². The first-order chi connectivity index (χ1) is 13.2. The van der Waals surface area contributed by atoms with Gasteiger partial charge in [0.25, 0.3) is 0 Å². The van der Waals surface area contributed by atoms with Gasteiger partial charge in [0.1, 0.15) is 6.61 Å². The Morgan fingerprint density at radius 1 is 1.19 bits per heavy atom. The van der Waals surface area contributed by atoms with E-state index in [2.05, 4.69) is 20.2 Å². The molecule has 0 spiro atoms. The van der Waals surface area contributed by atoms with E-state index in [0.717, 1.165) is 36.6 Å². The summed E-state index contributed by atoms with van der Waals surface area (Å²) in [5.41, 5.74) is 1.05. The second-order valence-electron chi connectivity index (χ2n) is 6.63. The van der Waals surface area contributed by atoms with Gasteiger partial charge in [0.15, 0.2) is 11.5 Å². The number of piperazine rings is 1. The number of benzene rings is 1. The number of para-hydroxylation sites is 1. The maximum absolute atomic E-state index is 12.6. The molecule has 1 aromatic heterocycles. The third-order valence-corrected chi connectivity index (χ3v) is 4.91. The number of hydrogen-bond donors (Lipinski definition) is 1. The van der Waals surface area contributed by atoms with Crippen LogP contribution < -0.4 is 19.7 Å². The number of nitrogens with one attached hydrogen (secondary N) is 1. The van der Waals surface area contributed by atoms with E-state index in [1.165, 1.54) is 0 Å². The summed E-state index contributed by atoms with van der Waals surface area (Å²) in [5, 5.41) is 3.09. The maximum Gasteiger partial charge on any atom is 0.317 e. The second-order valence-corrected chi connectivity index (χ2v) is 6.63. The molecule has 1 saturated heterocycles. The molecule has 142 valence electrons. The summed E-state index contributed by atoms with van der Waals surface area (Å²) in [7, 11) is 1.63. The van der Waals surface area contributed by atoms with E-state index in [9.17, 15) is 4.79 Å². The predicted octanol–water partition coefficient (Wildman–Crippen LogP) is 1.32. The Morgan fingerprint density at radius 3 is 2.70 bits per heavy atom. The summed E-state index contributed by atoms with van der Waals surface area (Å²) in [5.74, 6) is 2.22. The number of hydrogen-bond acceptors (Lipinski definition) is 6. The maximum atomic E-state index is 12.6. The quantitative estimate of drug-likeness (QED) is 0.879. The molecule has 0 aliphatic carbocycles. The van der Waals surface area contributed by atoms with Crippen LogP contribution in [0.15, 0.2) is 36.7 Å². The molecule has 0 saturated carbocycles. The van der Waals surface area contributed by atoms with E-state index >= 15 is 0 Å². The third-order valence-electron chi connectivity index (χ3n) is 4.91. The van der Waals surface area contributed by atoms with Crippen molar-refractivity contribution in [1.29, 1.82) is 0 Å². The van der Waals surface area contributed by atoms with Crippen molar-refractivity contribution in [3.05, 3.63) is 42.2 Å². The highest BCUT2D eigenvalue weighted by atomic mass is 16.5. The molecule has 1 fully saturated rings. The molecule has 2 amide bonds. The minimum absolute atomic E-state index is 0.0485. The molecule has 8 heteroatoms. The number of aromatic nitrogens is 2. The van der Waals surface area contributed by atoms with Gasteiger partial charge in [0.2, 0.25) is 5.95 Å². The lowest BCUT2D eigenvalue weighted by molar-refractivity contribution is 0.176. The first-order valence-corrected chi connectivity index (χ1v) is 9.10. The number of ether oxygens (including phenoxy) is 2. The van der Waals surface area contributed by atoms with Crippen molar-refractivity contribution < 1.29 is 14.3 Å². The van der Waals surface area contributed by atoms with Gasteiger partial charge < -0.3 is 24.6 Å². The zero-order valence-electron chi connectivity index (χ0n) is 15.3. The summed E-state index contributed by atoms with van der Waals surface area (Å²) in [6.45, 7) is 3.17. The first kappa shape index (κ1) is 17.4. The highest BCUT2D eigenvalue weighted by Crippen LogP contribution is 2.34. The molecular formula is C19H23N5O3. The molecular weight excluding hydrogens is 346 g/mol. The van der Waals surface area contributed by atoms with Crippen molar-refractivity contribution >= 4 is 12.0 Å². The Balaban J connectivity index is 1.31. The third kappa shape index (κ3) is 3.74. The minimum Gasteiger partial charge on any atom is -0.493 e. The van der Waals surface area contributed by atoms with E-state index in [-0.39, 0.29) is 12.1 Å². The monoisotopic (exact) mass is 369 g/mol. The molecule has 2 aromatic rings. The zero-order chi connectivity index (χ0) is 18.6. The lowest BCUT2D eigenvalue weighted by atomic mass is 10.0. The van der Waals surface area contributed by atoms with Crippen molar-refractivity contribution in [3.8, 4) is 11.5 Å². The van der Waals surface area contributed by atoms with Crippen molar-refractivity contribution in [3.63, 3.8) is 0 Å². The molecule has 0 unspecified atom stereocenters. The molecule has 0 radical (unpaired) electrons. The normalized spacial score (nSPS) is 19.1. The Hall–Kier alpha value is -3.03. The molecule has 1 atom stereocenters. The van der Waals surface area contributed by atoms with Gasteiger partial charge in [0, 0.05) is 44.1 Å². The average Bonchev–Trinajstić information content (AvgIpc) is 2.74. The van der Waals surface area contributed by atoms with Crippen molar-refractivity contribution in [2.24, 2.45) is 0 Å². The molecule has 4 rings (SSSR count). The van der Waals surface area contributed by atoms with Crippen LogP contribution in [0.4, 0.5) is 10.7 Å². The van der Waals surface area contributed by atoms with E-state index in [1.807, 2.05) is 23.1 Å². The van der Waals surface area contributed by atoms with Crippen LogP contribution >= 0.6 is 0 Å². The fourth-order valence-electron chi connectivity index (χ4n) is 3.48. The van der Waals surface area contributed by atoms with Crippen LogP contribution in [0.25, 0.3) is 0 Å². The number of fused-ring (bicyclic) bond motifs is 1. The Morgan fingerprint density at radius 2 is 1.96 bits per heavy atom. The highest BCUT2D eigenvalue weighted by Gasteiger charge is 2.27. The van der Waals surface area contributed by atoms with E-state index in [4.69, 9.17) is 9.47 Å². The van der Waals surface area contributed by atoms with Crippen LogP contribution in [-0.4, -0.2) is 66.8 Å². The first-order valence-electron chi connectivity index (χ1n) is 9.10. The fraction of sp³-hybridized carbons (Fsp3) is 0.421. The lowest BCUT2D eigenvalue weighted by Gasteiger charge is -2.36. The summed E-state index contributed by atoms with van der Waals surface area (Å²) in [6, 6.07) is 7.53. The summed E-state index contributed by atoms with van der Waals surface area (Å²) in [4.78, 5) is 25.1. The molecule has 0 bridgehead atoms. The van der Waals surface area contributed by atoms with E-state index in [1.54, 1.807) is 25.6 Å². The van der Waals surface area contributed by atoms with Gasteiger partial charge in [-0.25, -0.2) is 14.8 Å². The molecule has 2 aliphatic rings. The van der Waals surface area contributed by atoms with Crippen LogP contribution in [0.1, 0.15) is 5.56 Å². The Bertz CT molecular complexity index is 793. The van der Waals surface area contributed by atoms with E-state index < -0.39 is 0 Å². The standard InChI is InChI=1S/C19H23N5O3/c1-26-16-5-2-4-14-12-15(13-27-17(14)16)22-19(25)24-10-8-23(9-11-24)18-20-6-3-7-21-18/h2-7,15H,8-13H2,1H3,(H,22,25)/t15-/m0/s1. The number of nitrogens with zero attached hydrogens (tertiary/aromatic N) is 4. The minimum atomic E-state index is -0.0522. The number of carbonyl (C=O) groups is 1. The van der Waals surface area contributed by atoms with Crippen LogP contribution in [0.3, 0.4) is 0 Å². The summed E-state index contributed by atoms with van der Waals surface area (Å²) < 4.78 is 11.2. The smallest absolute Gasteiger partial charge is 0.317 e. The van der Waals surface area contributed by atoms with Gasteiger partial charge in [-0.1, -0.05) is 12.1 Å². The molecule has 1 aromatic carbocycles. The summed E-state index contributed by atoms with van der Waals surface area (Å²) in [6.07, 6.45) is 4.20. The molecule has 1 N–H and O–H groups in total. The number of anilines is 1. The Labute approximate surface area is 158 Å². The van der Waals surface area contributed by atoms with Crippen molar-refractivity contribution in [2.75, 3.05) is 44.8 Å². The van der Waals surface area contributed by atoms with Gasteiger partial charge >= 0.3 is 6.03 Å². The zero-order valence-corrected chi connectivity index (χ0v) is 15.3. The number of urea groups is 1.